The summed E-state index contributed by atoms with van der Waals surface area (Å²) in [7, 11) is -0.374. The molecule has 12 heteroatoms. The van der Waals surface area contributed by atoms with Gasteiger partial charge in [-0.15, -0.1) is 0 Å². The Morgan fingerprint density at radius 2 is 1.95 bits per heavy atom. The molecule has 3 aromatic rings. The Hall–Kier alpha value is -2.38. The maximum atomic E-state index is 11.7. The van der Waals surface area contributed by atoms with Crippen LogP contribution in [0.15, 0.2) is 24.3 Å². The summed E-state index contributed by atoms with van der Waals surface area (Å²) in [5, 5.41) is 6.00. The van der Waals surface area contributed by atoms with E-state index in [1.54, 1.807) is 7.11 Å². The van der Waals surface area contributed by atoms with Gasteiger partial charge in [-0.05, 0) is 55.6 Å². The van der Waals surface area contributed by atoms with Crippen LogP contribution in [-0.4, -0.2) is 69.7 Å². The van der Waals surface area contributed by atoms with Crippen molar-refractivity contribution in [3.8, 4) is 17.1 Å². The van der Waals surface area contributed by atoms with Gasteiger partial charge < -0.3 is 23.4 Å². The van der Waals surface area contributed by atoms with Crippen LogP contribution < -0.4 is 9.33 Å². The fourth-order valence-electron chi connectivity index (χ4n) is 4.67. The molecular formula is C27H39N5O5SSi. The van der Waals surface area contributed by atoms with E-state index in [4.69, 9.17) is 24.0 Å². The Kier molecular flexibility index (Phi) is 7.86. The molecule has 39 heavy (non-hydrogen) atoms. The minimum Gasteiger partial charge on any atom is -0.543 e. The molecule has 0 bridgehead atoms. The molecule has 2 aromatic heterocycles. The molecule has 2 aliphatic rings. The van der Waals surface area contributed by atoms with Crippen molar-refractivity contribution in [2.75, 3.05) is 31.7 Å². The number of aromatic nitrogens is 4. The summed E-state index contributed by atoms with van der Waals surface area (Å²) in [6, 6.07) is 8.03. The lowest BCUT2D eigenvalue weighted by Gasteiger charge is -2.39. The summed E-state index contributed by atoms with van der Waals surface area (Å²) >= 11 is -2.07. The van der Waals surface area contributed by atoms with Crippen molar-refractivity contribution in [3.05, 3.63) is 30.1 Å². The maximum absolute atomic E-state index is 11.7. The third kappa shape index (κ3) is 5.90. The minimum absolute atomic E-state index is 0.0542. The second kappa shape index (κ2) is 10.9. The number of anilines is 1. The Morgan fingerprint density at radius 3 is 2.59 bits per heavy atom. The molecule has 0 amide bonds. The van der Waals surface area contributed by atoms with Crippen molar-refractivity contribution in [1.29, 1.82) is 0 Å². The number of methoxy groups -OCH3 is 1. The van der Waals surface area contributed by atoms with Gasteiger partial charge in [-0.1, -0.05) is 20.8 Å². The van der Waals surface area contributed by atoms with E-state index in [2.05, 4.69) is 49.8 Å². The molecule has 2 unspecified atom stereocenters. The van der Waals surface area contributed by atoms with Crippen LogP contribution in [0.25, 0.3) is 22.3 Å². The zero-order chi connectivity index (χ0) is 27.9. The molecule has 4 heterocycles. The van der Waals surface area contributed by atoms with Crippen molar-refractivity contribution in [2.24, 2.45) is 0 Å². The van der Waals surface area contributed by atoms with Crippen LogP contribution in [0.3, 0.4) is 0 Å². The Balaban J connectivity index is 1.63. The molecule has 0 saturated carbocycles. The summed E-state index contributed by atoms with van der Waals surface area (Å²) in [6.07, 6.45) is 2.98. The Labute approximate surface area is 233 Å². The quantitative estimate of drug-likeness (QED) is 0.289. The third-order valence-electron chi connectivity index (χ3n) is 8.04. The van der Waals surface area contributed by atoms with E-state index in [0.717, 1.165) is 35.9 Å². The lowest BCUT2D eigenvalue weighted by Crippen LogP contribution is -2.52. The molecular weight excluding hydrogens is 534 g/mol. The first-order chi connectivity index (χ1) is 18.4. The average molecular weight is 574 g/mol. The fraction of sp³-hybridized carbons (Fsp3) is 0.593. The summed E-state index contributed by atoms with van der Waals surface area (Å²) in [4.78, 5) is 11.4. The number of ether oxygens (including phenoxy) is 2. The summed E-state index contributed by atoms with van der Waals surface area (Å²) < 4.78 is 41.5. The van der Waals surface area contributed by atoms with E-state index in [9.17, 15) is 8.76 Å². The Bertz CT molecular complexity index is 1360. The topological polar surface area (TPSA) is 112 Å². The van der Waals surface area contributed by atoms with Gasteiger partial charge >= 0.3 is 0 Å². The number of nitrogens with zero attached hydrogens (tertiary/aromatic N) is 5. The molecule has 5 rings (SSSR count). The second-order valence-corrected chi connectivity index (χ2v) is 17.6. The van der Waals surface area contributed by atoms with Crippen LogP contribution in [0.4, 0.5) is 5.82 Å². The van der Waals surface area contributed by atoms with Crippen LogP contribution in [0, 0.1) is 0 Å². The van der Waals surface area contributed by atoms with Crippen LogP contribution in [0.5, 0.6) is 5.75 Å². The zero-order valence-corrected chi connectivity index (χ0v) is 25.5. The Morgan fingerprint density at radius 1 is 1.18 bits per heavy atom. The highest BCUT2D eigenvalue weighted by Gasteiger charge is 2.39. The average Bonchev–Trinajstić information content (AvgIpc) is 3.21. The number of hydrogen-bond donors (Lipinski definition) is 1. The molecule has 1 N–H and O–H groups in total. The minimum atomic E-state index is -2.07. The lowest BCUT2D eigenvalue weighted by atomic mass is 10.1. The van der Waals surface area contributed by atoms with Crippen LogP contribution in [0.1, 0.15) is 52.1 Å². The summed E-state index contributed by atoms with van der Waals surface area (Å²) in [6.45, 7) is 13.2. The highest BCUT2D eigenvalue weighted by atomic mass is 32.2. The van der Waals surface area contributed by atoms with Gasteiger partial charge in [0, 0.05) is 38.3 Å². The van der Waals surface area contributed by atoms with Crippen molar-refractivity contribution >= 4 is 36.1 Å². The first kappa shape index (κ1) is 28.2. The van der Waals surface area contributed by atoms with Gasteiger partial charge in [0.05, 0.1) is 17.3 Å². The van der Waals surface area contributed by atoms with Crippen molar-refractivity contribution < 1.29 is 22.7 Å². The molecule has 2 atom stereocenters. The highest BCUT2D eigenvalue weighted by Crippen LogP contribution is 2.40. The monoisotopic (exact) mass is 573 g/mol. The normalized spacial score (nSPS) is 19.8. The van der Waals surface area contributed by atoms with Gasteiger partial charge in [-0.3, -0.25) is 0 Å². The standard InChI is InChI=1S/C27H39N5O5SSi/c1-27(2,3)39(5,6)37-18-10-11-22-20(13-18)26(30-32(22)25-9-7-8-12-36-25)21-14-24(31-15-19(16-31)35-4)29-23(28-21)17-38(33)34/h10-11,13-14,19,25H,7-9,12,15-17H2,1-6H3,(H,33,34). The van der Waals surface area contributed by atoms with E-state index < -0.39 is 19.4 Å². The van der Waals surface area contributed by atoms with Crippen molar-refractivity contribution in [2.45, 2.75) is 76.3 Å². The van der Waals surface area contributed by atoms with E-state index in [1.165, 1.54) is 0 Å². The van der Waals surface area contributed by atoms with E-state index >= 15 is 0 Å². The molecule has 0 radical (unpaired) electrons. The van der Waals surface area contributed by atoms with Gasteiger partial charge in [0.1, 0.15) is 28.8 Å². The van der Waals surface area contributed by atoms with E-state index in [1.807, 2.05) is 22.9 Å². The molecule has 212 valence electrons. The highest BCUT2D eigenvalue weighted by molar-refractivity contribution is 7.78. The van der Waals surface area contributed by atoms with Gasteiger partial charge in [0.25, 0.3) is 0 Å². The summed E-state index contributed by atoms with van der Waals surface area (Å²) in [5.41, 5.74) is 2.22. The summed E-state index contributed by atoms with van der Waals surface area (Å²) in [5.74, 6) is 1.64. The van der Waals surface area contributed by atoms with Gasteiger partial charge in [-0.25, -0.2) is 18.9 Å². The van der Waals surface area contributed by atoms with E-state index in [-0.39, 0.29) is 23.1 Å². The van der Waals surface area contributed by atoms with Crippen LogP contribution >= 0.6 is 0 Å². The first-order valence-electron chi connectivity index (χ1n) is 13.5. The molecule has 2 aliphatic heterocycles. The van der Waals surface area contributed by atoms with Crippen LogP contribution in [-0.2, 0) is 26.3 Å². The number of rotatable bonds is 8. The maximum Gasteiger partial charge on any atom is 0.250 e. The lowest BCUT2D eigenvalue weighted by molar-refractivity contribution is -0.0365. The first-order valence-corrected chi connectivity index (χ1v) is 17.7. The second-order valence-electron chi connectivity index (χ2n) is 11.9. The molecule has 0 aliphatic carbocycles. The van der Waals surface area contributed by atoms with Crippen molar-refractivity contribution in [1.82, 2.24) is 19.7 Å². The van der Waals surface area contributed by atoms with Gasteiger partial charge in [0.2, 0.25) is 8.32 Å². The SMILES string of the molecule is COC1CN(c2cc(-c3nn(C4CCCCO4)c4ccc(O[Si](C)(C)C(C)(C)C)cc34)nc(CS(=O)O)n2)C1. The van der Waals surface area contributed by atoms with Crippen molar-refractivity contribution in [3.63, 3.8) is 0 Å². The largest absolute Gasteiger partial charge is 0.543 e. The molecule has 2 fully saturated rings. The molecule has 10 nitrogen and oxygen atoms in total. The smallest absolute Gasteiger partial charge is 0.250 e. The predicted octanol–water partition coefficient (Wildman–Crippen LogP) is 5.13. The number of hydrogen-bond acceptors (Lipinski definition) is 8. The fourth-order valence-corrected chi connectivity index (χ4v) is 6.04. The third-order valence-corrected chi connectivity index (χ3v) is 12.9. The van der Waals surface area contributed by atoms with Crippen LogP contribution in [0.2, 0.25) is 18.1 Å². The molecule has 1 aromatic carbocycles. The number of benzene rings is 1. The van der Waals surface area contributed by atoms with E-state index in [0.29, 0.717) is 42.7 Å². The number of fused-ring (bicyclic) bond motifs is 1. The molecule has 0 spiro atoms. The van der Waals surface area contributed by atoms with Gasteiger partial charge in [0.15, 0.2) is 17.3 Å². The molecule has 2 saturated heterocycles. The predicted molar refractivity (Wildman–Crippen MR) is 155 cm³/mol. The van der Waals surface area contributed by atoms with Gasteiger partial charge in [-0.2, -0.15) is 5.10 Å². The zero-order valence-electron chi connectivity index (χ0n) is 23.6.